The number of carbonyl (C=O) groups is 1. The molecule has 1 unspecified atom stereocenters. The summed E-state index contributed by atoms with van der Waals surface area (Å²) in [7, 11) is 1.43. The summed E-state index contributed by atoms with van der Waals surface area (Å²) >= 11 is 1.60. The molecule has 3 heteroatoms. The molecule has 0 radical (unpaired) electrons. The normalized spacial score (nSPS) is 12.5. The van der Waals surface area contributed by atoms with E-state index in [2.05, 4.69) is 0 Å². The van der Waals surface area contributed by atoms with E-state index in [-0.39, 0.29) is 11.9 Å². The molecule has 0 aliphatic carbocycles. The lowest BCUT2D eigenvalue weighted by Gasteiger charge is -2.09. The summed E-state index contributed by atoms with van der Waals surface area (Å²) in [6.07, 6.45) is 0.799. The summed E-state index contributed by atoms with van der Waals surface area (Å²) < 4.78 is 4.69. The summed E-state index contributed by atoms with van der Waals surface area (Å²) in [4.78, 5) is 12.3. The summed E-state index contributed by atoms with van der Waals surface area (Å²) in [6, 6.07) is 3.92. The molecule has 0 fully saturated rings. The molecule has 66 valence electrons. The number of esters is 1. The van der Waals surface area contributed by atoms with Gasteiger partial charge in [0.2, 0.25) is 0 Å². The van der Waals surface area contributed by atoms with Gasteiger partial charge in [-0.25, -0.2) is 0 Å². The third kappa shape index (κ3) is 1.85. The van der Waals surface area contributed by atoms with Gasteiger partial charge in [-0.05, 0) is 17.9 Å². The summed E-state index contributed by atoms with van der Waals surface area (Å²) in [5.41, 5.74) is 0. The van der Waals surface area contributed by atoms with Crippen LogP contribution in [0.4, 0.5) is 0 Å². The monoisotopic (exact) mass is 184 g/mol. The SMILES string of the molecule is CCC(C(=O)OC)c1cccs1. The fourth-order valence-corrected chi connectivity index (χ4v) is 2.01. The van der Waals surface area contributed by atoms with E-state index in [0.29, 0.717) is 0 Å². The highest BCUT2D eigenvalue weighted by molar-refractivity contribution is 7.10. The van der Waals surface area contributed by atoms with Gasteiger partial charge in [-0.1, -0.05) is 13.0 Å². The zero-order valence-electron chi connectivity index (χ0n) is 7.24. The average molecular weight is 184 g/mol. The number of hydrogen-bond acceptors (Lipinski definition) is 3. The van der Waals surface area contributed by atoms with Gasteiger partial charge in [0.15, 0.2) is 0 Å². The highest BCUT2D eigenvalue weighted by atomic mass is 32.1. The molecule has 0 aliphatic heterocycles. The van der Waals surface area contributed by atoms with Gasteiger partial charge in [-0.3, -0.25) is 4.79 Å². The first-order valence-electron chi connectivity index (χ1n) is 3.90. The lowest BCUT2D eigenvalue weighted by molar-refractivity contribution is -0.142. The van der Waals surface area contributed by atoms with Crippen molar-refractivity contribution in [1.29, 1.82) is 0 Å². The highest BCUT2D eigenvalue weighted by Crippen LogP contribution is 2.24. The highest BCUT2D eigenvalue weighted by Gasteiger charge is 2.19. The van der Waals surface area contributed by atoms with Crippen molar-refractivity contribution in [3.8, 4) is 0 Å². The van der Waals surface area contributed by atoms with Crippen LogP contribution >= 0.6 is 11.3 Å². The molecule has 0 aromatic carbocycles. The molecule has 1 rings (SSSR count). The number of thiophene rings is 1. The second-order valence-electron chi connectivity index (χ2n) is 2.50. The molecule has 0 N–H and O–H groups in total. The van der Waals surface area contributed by atoms with Crippen molar-refractivity contribution >= 4 is 17.3 Å². The van der Waals surface area contributed by atoms with Crippen molar-refractivity contribution in [2.24, 2.45) is 0 Å². The molecular formula is C9H12O2S. The standard InChI is InChI=1S/C9H12O2S/c1-3-7(9(10)11-2)8-5-4-6-12-8/h4-7H,3H2,1-2H3. The topological polar surface area (TPSA) is 26.3 Å². The molecule has 0 saturated heterocycles. The van der Waals surface area contributed by atoms with Crippen LogP contribution in [-0.4, -0.2) is 13.1 Å². The predicted octanol–water partition coefficient (Wildman–Crippen LogP) is 2.41. The summed E-state index contributed by atoms with van der Waals surface area (Å²) in [5, 5.41) is 1.97. The smallest absolute Gasteiger partial charge is 0.313 e. The number of hydrogen-bond donors (Lipinski definition) is 0. The fraction of sp³-hybridized carbons (Fsp3) is 0.444. The van der Waals surface area contributed by atoms with Crippen molar-refractivity contribution in [2.45, 2.75) is 19.3 Å². The van der Waals surface area contributed by atoms with Crippen LogP contribution < -0.4 is 0 Å². The van der Waals surface area contributed by atoms with Gasteiger partial charge < -0.3 is 4.74 Å². The molecule has 1 heterocycles. The van der Waals surface area contributed by atoms with E-state index in [1.54, 1.807) is 11.3 Å². The number of rotatable bonds is 3. The van der Waals surface area contributed by atoms with Gasteiger partial charge in [0.25, 0.3) is 0 Å². The summed E-state index contributed by atoms with van der Waals surface area (Å²) in [6.45, 7) is 1.99. The Balaban J connectivity index is 2.76. The molecule has 1 aromatic heterocycles. The molecule has 0 saturated carbocycles. The van der Waals surface area contributed by atoms with Crippen molar-refractivity contribution in [3.63, 3.8) is 0 Å². The number of carbonyl (C=O) groups excluding carboxylic acids is 1. The van der Waals surface area contributed by atoms with Gasteiger partial charge in [-0.2, -0.15) is 0 Å². The molecular weight excluding hydrogens is 172 g/mol. The van der Waals surface area contributed by atoms with Gasteiger partial charge in [0.05, 0.1) is 13.0 Å². The lowest BCUT2D eigenvalue weighted by Crippen LogP contribution is -2.11. The van der Waals surface area contributed by atoms with E-state index in [1.165, 1.54) is 7.11 Å². The third-order valence-corrected chi connectivity index (χ3v) is 2.77. The molecule has 0 bridgehead atoms. The first-order chi connectivity index (χ1) is 5.79. The quantitative estimate of drug-likeness (QED) is 0.674. The van der Waals surface area contributed by atoms with Crippen molar-refractivity contribution in [3.05, 3.63) is 22.4 Å². The second kappa shape index (κ2) is 4.26. The lowest BCUT2D eigenvalue weighted by atomic mass is 10.1. The maximum Gasteiger partial charge on any atom is 0.313 e. The van der Waals surface area contributed by atoms with Crippen LogP contribution in [0.25, 0.3) is 0 Å². The Morgan fingerprint density at radius 1 is 1.75 bits per heavy atom. The number of methoxy groups -OCH3 is 1. The Labute approximate surface area is 76.2 Å². The van der Waals surface area contributed by atoms with Gasteiger partial charge in [0.1, 0.15) is 0 Å². The van der Waals surface area contributed by atoms with Gasteiger partial charge in [-0.15, -0.1) is 11.3 Å². The Kier molecular flexibility index (Phi) is 3.29. The second-order valence-corrected chi connectivity index (χ2v) is 3.48. The molecule has 0 amide bonds. The number of ether oxygens (including phenoxy) is 1. The van der Waals surface area contributed by atoms with E-state index in [0.717, 1.165) is 11.3 Å². The zero-order chi connectivity index (χ0) is 8.97. The predicted molar refractivity (Wildman–Crippen MR) is 49.4 cm³/mol. The first-order valence-corrected chi connectivity index (χ1v) is 4.78. The van der Waals surface area contributed by atoms with E-state index < -0.39 is 0 Å². The summed E-state index contributed by atoms with van der Waals surface area (Å²) in [5.74, 6) is -0.213. The van der Waals surface area contributed by atoms with Crippen molar-refractivity contribution < 1.29 is 9.53 Å². The Hall–Kier alpha value is -0.830. The fourth-order valence-electron chi connectivity index (χ4n) is 1.12. The minimum absolute atomic E-state index is 0.0741. The van der Waals surface area contributed by atoms with Crippen LogP contribution in [0.1, 0.15) is 24.1 Å². The molecule has 1 aromatic rings. The molecule has 1 atom stereocenters. The van der Waals surface area contributed by atoms with Crippen LogP contribution in [0.2, 0.25) is 0 Å². The largest absolute Gasteiger partial charge is 0.469 e. The Morgan fingerprint density at radius 2 is 2.50 bits per heavy atom. The molecule has 12 heavy (non-hydrogen) atoms. The maximum atomic E-state index is 11.2. The van der Waals surface area contributed by atoms with Crippen LogP contribution in [0.15, 0.2) is 17.5 Å². The average Bonchev–Trinajstić information content (AvgIpc) is 2.58. The van der Waals surface area contributed by atoms with E-state index >= 15 is 0 Å². The first kappa shape index (κ1) is 9.26. The Bertz CT molecular complexity index is 241. The van der Waals surface area contributed by atoms with E-state index in [4.69, 9.17) is 4.74 Å². The minimum atomic E-state index is -0.139. The van der Waals surface area contributed by atoms with Crippen LogP contribution in [0.5, 0.6) is 0 Å². The van der Waals surface area contributed by atoms with Crippen LogP contribution in [-0.2, 0) is 9.53 Å². The third-order valence-electron chi connectivity index (χ3n) is 1.78. The van der Waals surface area contributed by atoms with E-state index in [1.807, 2.05) is 24.4 Å². The molecule has 2 nitrogen and oxygen atoms in total. The van der Waals surface area contributed by atoms with Crippen molar-refractivity contribution in [1.82, 2.24) is 0 Å². The minimum Gasteiger partial charge on any atom is -0.469 e. The van der Waals surface area contributed by atoms with Gasteiger partial charge in [0, 0.05) is 4.88 Å². The molecule has 0 spiro atoms. The van der Waals surface area contributed by atoms with E-state index in [9.17, 15) is 4.79 Å². The van der Waals surface area contributed by atoms with Crippen LogP contribution in [0, 0.1) is 0 Å². The van der Waals surface area contributed by atoms with Crippen LogP contribution in [0.3, 0.4) is 0 Å². The molecule has 0 aliphatic rings. The zero-order valence-corrected chi connectivity index (χ0v) is 8.06. The Morgan fingerprint density at radius 3 is 2.92 bits per heavy atom. The van der Waals surface area contributed by atoms with Crippen molar-refractivity contribution in [2.75, 3.05) is 7.11 Å². The van der Waals surface area contributed by atoms with Gasteiger partial charge >= 0.3 is 5.97 Å². The maximum absolute atomic E-state index is 11.2.